The second-order valence-corrected chi connectivity index (χ2v) is 9.48. The fraction of sp³-hybridized carbons (Fsp3) is 0.952. The Kier molecular flexibility index (Phi) is 6.98. The Bertz CT molecular complexity index is 371. The topological polar surface area (TPSA) is 29.1 Å². The van der Waals surface area contributed by atoms with Gasteiger partial charge in [-0.15, -0.1) is 0 Å². The highest BCUT2D eigenvalue weighted by molar-refractivity contribution is 5.79. The largest absolute Gasteiger partial charge is 0.356 e. The van der Waals surface area contributed by atoms with Crippen molar-refractivity contribution in [2.75, 3.05) is 6.54 Å². The van der Waals surface area contributed by atoms with Crippen molar-refractivity contribution < 1.29 is 4.79 Å². The minimum atomic E-state index is 0.306. The first kappa shape index (κ1) is 18.8. The van der Waals surface area contributed by atoms with Crippen molar-refractivity contribution in [1.29, 1.82) is 0 Å². The lowest BCUT2D eigenvalue weighted by molar-refractivity contribution is -0.129. The van der Waals surface area contributed by atoms with Crippen LogP contribution < -0.4 is 5.32 Å². The lowest BCUT2D eigenvalue weighted by atomic mass is 9.62. The Labute approximate surface area is 144 Å². The summed E-state index contributed by atoms with van der Waals surface area (Å²) in [6.45, 7) is 9.85. The van der Waals surface area contributed by atoms with Gasteiger partial charge in [0, 0.05) is 12.5 Å². The summed E-state index contributed by atoms with van der Waals surface area (Å²) in [5, 5.41) is 3.24. The Morgan fingerprint density at radius 3 is 2.57 bits per heavy atom. The molecule has 4 unspecified atom stereocenters. The van der Waals surface area contributed by atoms with Crippen molar-refractivity contribution >= 4 is 5.91 Å². The monoisotopic (exact) mass is 321 g/mol. The summed E-state index contributed by atoms with van der Waals surface area (Å²) in [5.74, 6) is 3.14. The number of amides is 1. The van der Waals surface area contributed by atoms with E-state index in [2.05, 4.69) is 33.0 Å². The summed E-state index contributed by atoms with van der Waals surface area (Å²) < 4.78 is 0. The van der Waals surface area contributed by atoms with Crippen LogP contribution in [0, 0.1) is 29.1 Å². The van der Waals surface area contributed by atoms with Crippen molar-refractivity contribution in [2.24, 2.45) is 29.1 Å². The summed E-state index contributed by atoms with van der Waals surface area (Å²) >= 11 is 0. The number of unbranched alkanes of at least 4 members (excludes halogenated alkanes) is 2. The highest BCUT2D eigenvalue weighted by Gasteiger charge is 2.40. The van der Waals surface area contributed by atoms with Crippen LogP contribution >= 0.6 is 0 Å². The molecule has 2 saturated carbocycles. The second-order valence-electron chi connectivity index (χ2n) is 9.48. The molecule has 2 aliphatic rings. The maximum Gasteiger partial charge on any atom is 0.223 e. The first-order valence-electron chi connectivity index (χ1n) is 10.2. The van der Waals surface area contributed by atoms with Crippen LogP contribution in [0.3, 0.4) is 0 Å². The van der Waals surface area contributed by atoms with E-state index < -0.39 is 0 Å². The SMILES string of the molecule is CCCCCC1CC2CCC(C(=O)NCCC(C)(C)C)C(C1)C2. The maximum absolute atomic E-state index is 12.6. The zero-order valence-corrected chi connectivity index (χ0v) is 16.0. The number of rotatable bonds is 7. The molecule has 2 fully saturated rings. The fourth-order valence-corrected chi connectivity index (χ4v) is 4.79. The zero-order chi connectivity index (χ0) is 16.9. The minimum absolute atomic E-state index is 0.306. The van der Waals surface area contributed by atoms with Gasteiger partial charge in [-0.1, -0.05) is 53.4 Å². The van der Waals surface area contributed by atoms with E-state index in [9.17, 15) is 4.79 Å². The van der Waals surface area contributed by atoms with Crippen molar-refractivity contribution in [1.82, 2.24) is 5.32 Å². The summed E-state index contributed by atoms with van der Waals surface area (Å²) in [4.78, 5) is 12.6. The first-order valence-corrected chi connectivity index (χ1v) is 10.2. The lowest BCUT2D eigenvalue weighted by Crippen LogP contribution is -2.42. The molecule has 2 heteroatoms. The van der Waals surface area contributed by atoms with Crippen LogP contribution in [0.4, 0.5) is 0 Å². The van der Waals surface area contributed by atoms with Gasteiger partial charge in [0.2, 0.25) is 5.91 Å². The molecule has 0 aromatic heterocycles. The van der Waals surface area contributed by atoms with Gasteiger partial charge in [0.05, 0.1) is 0 Å². The average Bonchev–Trinajstić information content (AvgIpc) is 2.46. The standard InChI is InChI=1S/C21H39NO/c1-5-6-7-8-16-13-17-9-10-19(18(14-16)15-17)20(23)22-12-11-21(2,3)4/h16-19H,5-15H2,1-4H3,(H,22,23). The number of hydrogen-bond acceptors (Lipinski definition) is 1. The molecular weight excluding hydrogens is 282 g/mol. The van der Waals surface area contributed by atoms with Crippen LogP contribution in [0.15, 0.2) is 0 Å². The smallest absolute Gasteiger partial charge is 0.223 e. The first-order chi connectivity index (χ1) is 10.9. The Morgan fingerprint density at radius 1 is 1.09 bits per heavy atom. The predicted molar refractivity (Wildman–Crippen MR) is 98.3 cm³/mol. The Balaban J connectivity index is 1.80. The van der Waals surface area contributed by atoms with Crippen LogP contribution in [0.1, 0.15) is 91.9 Å². The molecular formula is C21H39NO. The van der Waals surface area contributed by atoms with E-state index in [-0.39, 0.29) is 0 Å². The molecule has 4 atom stereocenters. The van der Waals surface area contributed by atoms with Crippen molar-refractivity contribution in [3.63, 3.8) is 0 Å². The van der Waals surface area contributed by atoms with Gasteiger partial charge in [0.1, 0.15) is 0 Å². The average molecular weight is 322 g/mol. The van der Waals surface area contributed by atoms with Crippen molar-refractivity contribution in [3.8, 4) is 0 Å². The zero-order valence-electron chi connectivity index (χ0n) is 16.0. The number of carbonyl (C=O) groups excluding carboxylic acids is 1. The van der Waals surface area contributed by atoms with Crippen LogP contribution in [0.25, 0.3) is 0 Å². The van der Waals surface area contributed by atoms with E-state index in [1.54, 1.807) is 0 Å². The van der Waals surface area contributed by atoms with Gasteiger partial charge >= 0.3 is 0 Å². The van der Waals surface area contributed by atoms with Gasteiger partial charge in [-0.3, -0.25) is 4.79 Å². The number of fused-ring (bicyclic) bond motifs is 2. The van der Waals surface area contributed by atoms with E-state index in [1.165, 1.54) is 51.4 Å². The molecule has 1 amide bonds. The molecule has 0 aromatic rings. The van der Waals surface area contributed by atoms with Crippen LogP contribution in [0.5, 0.6) is 0 Å². The maximum atomic E-state index is 12.6. The van der Waals surface area contributed by atoms with E-state index >= 15 is 0 Å². The molecule has 0 radical (unpaired) electrons. The van der Waals surface area contributed by atoms with Gasteiger partial charge in [-0.05, 0) is 61.7 Å². The van der Waals surface area contributed by atoms with Gasteiger partial charge in [0.15, 0.2) is 0 Å². The molecule has 2 aliphatic carbocycles. The Hall–Kier alpha value is -0.530. The van der Waals surface area contributed by atoms with Crippen LogP contribution in [-0.4, -0.2) is 12.5 Å². The molecule has 0 spiro atoms. The third kappa shape index (κ3) is 6.12. The van der Waals surface area contributed by atoms with Crippen LogP contribution in [-0.2, 0) is 4.79 Å². The van der Waals surface area contributed by atoms with Crippen LogP contribution in [0.2, 0.25) is 0 Å². The highest BCUT2D eigenvalue weighted by atomic mass is 16.1. The molecule has 2 nitrogen and oxygen atoms in total. The summed E-state index contributed by atoms with van der Waals surface area (Å²) in [6, 6.07) is 0. The summed E-state index contributed by atoms with van der Waals surface area (Å²) in [7, 11) is 0. The Morgan fingerprint density at radius 2 is 1.87 bits per heavy atom. The number of hydrogen-bond donors (Lipinski definition) is 1. The molecule has 2 rings (SSSR count). The van der Waals surface area contributed by atoms with E-state index in [4.69, 9.17) is 0 Å². The quantitative estimate of drug-likeness (QED) is 0.611. The molecule has 0 heterocycles. The predicted octanol–water partition coefficient (Wildman–Crippen LogP) is 5.56. The normalized spacial score (nSPS) is 31.0. The fourth-order valence-electron chi connectivity index (χ4n) is 4.79. The molecule has 0 aliphatic heterocycles. The third-order valence-electron chi connectivity index (χ3n) is 6.12. The van der Waals surface area contributed by atoms with E-state index in [0.717, 1.165) is 31.2 Å². The van der Waals surface area contributed by atoms with E-state index in [1.807, 2.05) is 0 Å². The highest BCUT2D eigenvalue weighted by Crippen LogP contribution is 2.46. The molecule has 0 aromatic carbocycles. The van der Waals surface area contributed by atoms with E-state index in [0.29, 0.717) is 23.2 Å². The molecule has 0 saturated heterocycles. The van der Waals surface area contributed by atoms with Gasteiger partial charge in [-0.25, -0.2) is 0 Å². The second kappa shape index (κ2) is 8.53. The lowest BCUT2D eigenvalue weighted by Gasteiger charge is -2.43. The van der Waals surface area contributed by atoms with Gasteiger partial charge in [-0.2, -0.15) is 0 Å². The third-order valence-corrected chi connectivity index (χ3v) is 6.12. The van der Waals surface area contributed by atoms with Gasteiger partial charge < -0.3 is 5.32 Å². The number of carbonyl (C=O) groups is 1. The van der Waals surface area contributed by atoms with Crippen molar-refractivity contribution in [3.05, 3.63) is 0 Å². The molecule has 134 valence electrons. The van der Waals surface area contributed by atoms with Gasteiger partial charge in [0.25, 0.3) is 0 Å². The van der Waals surface area contributed by atoms with Crippen molar-refractivity contribution in [2.45, 2.75) is 91.9 Å². The summed E-state index contributed by atoms with van der Waals surface area (Å²) in [5.41, 5.74) is 0.306. The molecule has 23 heavy (non-hydrogen) atoms. The number of nitrogens with one attached hydrogen (secondary N) is 1. The molecule has 2 bridgehead atoms. The minimum Gasteiger partial charge on any atom is -0.356 e. The molecule has 1 N–H and O–H groups in total. The summed E-state index contributed by atoms with van der Waals surface area (Å²) in [6.07, 6.45) is 13.1.